The fraction of sp³-hybridized carbons (Fsp3) is 0.357. The van der Waals surface area contributed by atoms with Crippen LogP contribution < -0.4 is 4.72 Å². The molecule has 0 bridgehead atoms. The van der Waals surface area contributed by atoms with Gasteiger partial charge in [0.2, 0.25) is 10.0 Å². The van der Waals surface area contributed by atoms with E-state index in [9.17, 15) is 22.5 Å². The third-order valence-corrected chi connectivity index (χ3v) is 9.22. The second-order valence-corrected chi connectivity index (χ2v) is 12.3. The van der Waals surface area contributed by atoms with Crippen LogP contribution in [0.1, 0.15) is 54.7 Å². The largest absolute Gasteiger partial charge is 0.284 e. The highest BCUT2D eigenvalue weighted by Crippen LogP contribution is 2.40. The van der Waals surface area contributed by atoms with Gasteiger partial charge < -0.3 is 0 Å². The van der Waals surface area contributed by atoms with Crippen LogP contribution >= 0.6 is 11.3 Å². The molecule has 1 aliphatic rings. The Kier molecular flexibility index (Phi) is 8.39. The van der Waals surface area contributed by atoms with Gasteiger partial charge in [0, 0.05) is 41.6 Å². The van der Waals surface area contributed by atoms with Crippen LogP contribution in [0.15, 0.2) is 59.2 Å². The van der Waals surface area contributed by atoms with Crippen molar-refractivity contribution in [1.82, 2.24) is 19.7 Å². The van der Waals surface area contributed by atoms with E-state index in [2.05, 4.69) is 27.6 Å². The Balaban J connectivity index is 1.77. The Hall–Kier alpha value is -3.33. The molecular weight excluding hydrogens is 540 g/mol. The van der Waals surface area contributed by atoms with Crippen LogP contribution in [0.3, 0.4) is 0 Å². The second kappa shape index (κ2) is 11.4. The lowest BCUT2D eigenvalue weighted by Crippen LogP contribution is -2.46. The fourth-order valence-corrected chi connectivity index (χ4v) is 6.51. The number of nitrogens with one attached hydrogen (secondary N) is 1. The Morgan fingerprint density at radius 1 is 1.31 bits per heavy atom. The monoisotopic (exact) mass is 569 g/mol. The summed E-state index contributed by atoms with van der Waals surface area (Å²) in [6.45, 7) is 7.51. The summed E-state index contributed by atoms with van der Waals surface area (Å²) in [4.78, 5) is 13.2. The van der Waals surface area contributed by atoms with Gasteiger partial charge in [0.05, 0.1) is 22.3 Å². The molecule has 0 spiro atoms. The summed E-state index contributed by atoms with van der Waals surface area (Å²) >= 11 is 1.53. The van der Waals surface area contributed by atoms with Gasteiger partial charge in [0.1, 0.15) is 11.0 Å². The number of alkyl halides is 2. The summed E-state index contributed by atoms with van der Waals surface area (Å²) in [5.41, 5.74) is 3.73. The van der Waals surface area contributed by atoms with E-state index in [1.54, 1.807) is 6.20 Å². The minimum Gasteiger partial charge on any atom is -0.260 e. The zero-order chi connectivity index (χ0) is 28.4. The molecule has 0 saturated carbocycles. The van der Waals surface area contributed by atoms with Gasteiger partial charge in [-0.3, -0.25) is 9.97 Å². The molecule has 7 nitrogen and oxygen atoms in total. The van der Waals surface area contributed by atoms with Crippen molar-refractivity contribution in [3.63, 3.8) is 0 Å². The predicted octanol–water partition coefficient (Wildman–Crippen LogP) is 5.61. The lowest BCUT2D eigenvalue weighted by molar-refractivity contribution is 0.0145. The van der Waals surface area contributed by atoms with E-state index in [-0.39, 0.29) is 10.8 Å². The first kappa shape index (κ1) is 28.7. The molecule has 204 valence electrons. The SMILES string of the molecule is C=C(C)C(F)(F)C(C)NS(=O)(=O)c1ccc(C2=C(C#N)c3cc(CC)cnc3CCC2Cc2nccs2)nc1. The van der Waals surface area contributed by atoms with Crippen molar-refractivity contribution in [2.45, 2.75) is 63.3 Å². The average molecular weight is 570 g/mol. The topological polar surface area (TPSA) is 109 Å². The number of pyridine rings is 2. The van der Waals surface area contributed by atoms with Gasteiger partial charge in [0.25, 0.3) is 5.92 Å². The maximum atomic E-state index is 14.3. The molecule has 1 aliphatic carbocycles. The standard InChI is InChI=1S/C28H29F2N5O2S2/c1-5-19-12-22-23(14-31)27(20(6-8-24(22)33-15-19)13-26-32-10-11-38-26)25-9-7-21(16-34-25)39(36,37)35-18(4)28(29,30)17(2)3/h7,9-12,15-16,18,20,35H,2,5-6,8,13H2,1,3-4H3. The summed E-state index contributed by atoms with van der Waals surface area (Å²) in [5, 5.41) is 13.2. The Morgan fingerprint density at radius 2 is 2.08 bits per heavy atom. The van der Waals surface area contributed by atoms with Crippen molar-refractivity contribution in [2.75, 3.05) is 0 Å². The predicted molar refractivity (Wildman–Crippen MR) is 147 cm³/mol. The molecule has 3 aromatic heterocycles. The number of halogens is 2. The molecule has 3 aromatic rings. The van der Waals surface area contributed by atoms with E-state index in [0.29, 0.717) is 36.1 Å². The first-order chi connectivity index (χ1) is 18.5. The van der Waals surface area contributed by atoms with E-state index < -0.39 is 27.6 Å². The van der Waals surface area contributed by atoms with E-state index in [0.717, 1.165) is 48.3 Å². The van der Waals surface area contributed by atoms with Crippen molar-refractivity contribution in [2.24, 2.45) is 5.92 Å². The molecule has 3 heterocycles. The number of aryl methyl sites for hydroxylation is 2. The number of hydrogen-bond acceptors (Lipinski definition) is 7. The van der Waals surface area contributed by atoms with Crippen molar-refractivity contribution in [3.05, 3.63) is 81.8 Å². The van der Waals surface area contributed by atoms with Gasteiger partial charge >= 0.3 is 0 Å². The molecule has 0 fully saturated rings. The first-order valence-corrected chi connectivity index (χ1v) is 14.9. The minimum absolute atomic E-state index is 0.118. The van der Waals surface area contributed by atoms with E-state index in [1.807, 2.05) is 29.3 Å². The lowest BCUT2D eigenvalue weighted by Gasteiger charge is -2.24. The smallest absolute Gasteiger partial charge is 0.260 e. The number of rotatable bonds is 9. The van der Waals surface area contributed by atoms with Crippen LogP contribution in [0.2, 0.25) is 0 Å². The minimum atomic E-state index is -4.30. The van der Waals surface area contributed by atoms with E-state index in [4.69, 9.17) is 0 Å². The number of thiazole rings is 1. The number of allylic oxidation sites excluding steroid dienone is 2. The quantitative estimate of drug-likeness (QED) is 0.336. The van der Waals surface area contributed by atoms with Gasteiger partial charge in [-0.2, -0.15) is 14.0 Å². The zero-order valence-electron chi connectivity index (χ0n) is 21.9. The van der Waals surface area contributed by atoms with E-state index in [1.165, 1.54) is 23.5 Å². The summed E-state index contributed by atoms with van der Waals surface area (Å²) in [6, 6.07) is 5.50. The van der Waals surface area contributed by atoms with Crippen LogP contribution in [0, 0.1) is 17.2 Å². The Bertz CT molecular complexity index is 1540. The van der Waals surface area contributed by atoms with Gasteiger partial charge in [-0.1, -0.05) is 13.5 Å². The van der Waals surface area contributed by atoms with Gasteiger partial charge in [-0.25, -0.2) is 18.1 Å². The molecule has 39 heavy (non-hydrogen) atoms. The van der Waals surface area contributed by atoms with Crippen LogP contribution in [0.25, 0.3) is 11.1 Å². The molecule has 2 unspecified atom stereocenters. The van der Waals surface area contributed by atoms with E-state index >= 15 is 0 Å². The zero-order valence-corrected chi connectivity index (χ0v) is 23.5. The van der Waals surface area contributed by atoms with Crippen molar-refractivity contribution < 1.29 is 17.2 Å². The molecule has 0 aliphatic heterocycles. The fourth-order valence-electron chi connectivity index (χ4n) is 4.62. The number of nitrogens with zero attached hydrogens (tertiary/aromatic N) is 4. The van der Waals surface area contributed by atoms with Crippen LogP contribution in [0.5, 0.6) is 0 Å². The Morgan fingerprint density at radius 3 is 2.67 bits per heavy atom. The maximum absolute atomic E-state index is 14.3. The third-order valence-electron chi connectivity index (χ3n) is 6.90. The molecule has 0 amide bonds. The summed E-state index contributed by atoms with van der Waals surface area (Å²) in [7, 11) is -4.30. The summed E-state index contributed by atoms with van der Waals surface area (Å²) in [5.74, 6) is -3.54. The van der Waals surface area contributed by atoms with Crippen LogP contribution in [-0.4, -0.2) is 35.3 Å². The molecule has 0 aromatic carbocycles. The molecule has 0 saturated heterocycles. The summed E-state index contributed by atoms with van der Waals surface area (Å²) < 4.78 is 56.4. The maximum Gasteiger partial charge on any atom is 0.284 e. The number of nitriles is 1. The molecule has 4 rings (SSSR count). The highest BCUT2D eigenvalue weighted by Gasteiger charge is 2.40. The van der Waals surface area contributed by atoms with Gasteiger partial charge in [-0.15, -0.1) is 11.3 Å². The van der Waals surface area contributed by atoms with Gasteiger partial charge in [-0.05, 0) is 73.9 Å². The number of fused-ring (bicyclic) bond motifs is 1. The van der Waals surface area contributed by atoms with Gasteiger partial charge in [0.15, 0.2) is 0 Å². The normalized spacial score (nSPS) is 16.8. The van der Waals surface area contributed by atoms with Crippen molar-refractivity contribution >= 4 is 32.5 Å². The van der Waals surface area contributed by atoms with Crippen molar-refractivity contribution in [3.8, 4) is 6.07 Å². The van der Waals surface area contributed by atoms with Crippen LogP contribution in [0.4, 0.5) is 8.78 Å². The number of aromatic nitrogens is 3. The van der Waals surface area contributed by atoms with Crippen molar-refractivity contribution in [1.29, 1.82) is 5.26 Å². The number of hydrogen-bond donors (Lipinski definition) is 1. The first-order valence-electron chi connectivity index (χ1n) is 12.5. The average Bonchev–Trinajstić information content (AvgIpc) is 3.37. The Labute approximate surface area is 231 Å². The summed E-state index contributed by atoms with van der Waals surface area (Å²) in [6.07, 6.45) is 7.41. The second-order valence-electron chi connectivity index (χ2n) is 9.58. The molecular formula is C28H29F2N5O2S2. The third kappa shape index (κ3) is 5.98. The molecule has 1 N–H and O–H groups in total. The molecule has 11 heteroatoms. The van der Waals surface area contributed by atoms with Crippen LogP contribution in [-0.2, 0) is 29.3 Å². The molecule has 0 radical (unpaired) electrons. The number of sulfonamides is 1. The highest BCUT2D eigenvalue weighted by molar-refractivity contribution is 7.89. The molecule has 2 atom stereocenters. The highest BCUT2D eigenvalue weighted by atomic mass is 32.2. The lowest BCUT2D eigenvalue weighted by atomic mass is 9.86.